The predicted octanol–water partition coefficient (Wildman–Crippen LogP) is 1.87. The summed E-state index contributed by atoms with van der Waals surface area (Å²) >= 11 is 0. The second kappa shape index (κ2) is 8.32. The van der Waals surface area contributed by atoms with Gasteiger partial charge >= 0.3 is 5.97 Å². The summed E-state index contributed by atoms with van der Waals surface area (Å²) in [6.45, 7) is 2.34. The molecule has 0 fully saturated rings. The molecule has 110 valence electrons. The van der Waals surface area contributed by atoms with Crippen molar-refractivity contribution in [2.24, 2.45) is 11.7 Å². The second-order valence-electron chi connectivity index (χ2n) is 4.93. The lowest BCUT2D eigenvalue weighted by molar-refractivity contribution is -0.136. The number of carbonyl (C=O) groups excluding carboxylic acids is 1. The van der Waals surface area contributed by atoms with E-state index in [1.54, 1.807) is 24.3 Å². The third-order valence-corrected chi connectivity index (χ3v) is 3.17. The second-order valence-corrected chi connectivity index (χ2v) is 4.93. The van der Waals surface area contributed by atoms with Crippen LogP contribution in [0.3, 0.4) is 0 Å². The van der Waals surface area contributed by atoms with Crippen LogP contribution < -0.4 is 10.6 Å². The summed E-state index contributed by atoms with van der Waals surface area (Å²) in [5, 5.41) is 8.95. The first-order chi connectivity index (χ1) is 9.54. The van der Waals surface area contributed by atoms with E-state index in [4.69, 9.17) is 10.8 Å². The van der Waals surface area contributed by atoms with Crippen LogP contribution in [0.1, 0.15) is 26.2 Å². The average Bonchev–Trinajstić information content (AvgIpc) is 2.43. The monoisotopic (exact) mass is 278 g/mol. The summed E-state index contributed by atoms with van der Waals surface area (Å²) in [5.74, 6) is -0.814. The summed E-state index contributed by atoms with van der Waals surface area (Å²) in [6.07, 6.45) is 1.93. The molecule has 0 spiro atoms. The molecule has 3 N–H and O–H groups in total. The van der Waals surface area contributed by atoms with Crippen LogP contribution in [0.15, 0.2) is 30.3 Å². The molecule has 5 heteroatoms. The van der Waals surface area contributed by atoms with Crippen LogP contribution in [-0.4, -0.2) is 30.1 Å². The Kier molecular flexibility index (Phi) is 6.73. The molecule has 0 aliphatic heterocycles. The van der Waals surface area contributed by atoms with Crippen molar-refractivity contribution in [3.05, 3.63) is 30.3 Å². The van der Waals surface area contributed by atoms with Gasteiger partial charge in [-0.05, 0) is 37.4 Å². The predicted molar refractivity (Wildman–Crippen MR) is 78.5 cm³/mol. The number of rotatable bonds is 8. The molecule has 1 amide bonds. The fraction of sp³-hybridized carbons (Fsp3) is 0.467. The standard InChI is InChI=1S/C15H22N2O3/c1-12(9-10-16)7-8-14(18)17(11-15(19)20)13-5-3-2-4-6-13/h2-6,12H,7-11,16H2,1H3,(H,19,20). The minimum absolute atomic E-state index is 0.164. The number of nitrogens with two attached hydrogens (primary N) is 1. The van der Waals surface area contributed by atoms with Crippen LogP contribution in [-0.2, 0) is 9.59 Å². The number of para-hydroxylation sites is 1. The molecular formula is C15H22N2O3. The normalized spacial score (nSPS) is 11.9. The molecule has 0 bridgehead atoms. The number of anilines is 1. The maximum Gasteiger partial charge on any atom is 0.323 e. The lowest BCUT2D eigenvalue weighted by Crippen LogP contribution is -2.35. The van der Waals surface area contributed by atoms with Crippen LogP contribution in [0.25, 0.3) is 0 Å². The Morgan fingerprint density at radius 1 is 1.25 bits per heavy atom. The van der Waals surface area contributed by atoms with Crippen LogP contribution in [0.2, 0.25) is 0 Å². The highest BCUT2D eigenvalue weighted by Gasteiger charge is 2.19. The molecule has 1 aromatic rings. The summed E-state index contributed by atoms with van der Waals surface area (Å²) < 4.78 is 0. The number of nitrogens with zero attached hydrogens (tertiary/aromatic N) is 1. The zero-order valence-electron chi connectivity index (χ0n) is 11.8. The highest BCUT2D eigenvalue weighted by Crippen LogP contribution is 2.17. The molecule has 5 nitrogen and oxygen atoms in total. The molecule has 0 aliphatic rings. The SMILES string of the molecule is CC(CCN)CCC(=O)N(CC(=O)O)c1ccccc1. The molecule has 1 unspecified atom stereocenters. The Bertz CT molecular complexity index is 434. The molecule has 0 aromatic heterocycles. The van der Waals surface area contributed by atoms with Crippen molar-refractivity contribution in [1.82, 2.24) is 0 Å². The van der Waals surface area contributed by atoms with Gasteiger partial charge in [0.1, 0.15) is 6.54 Å². The summed E-state index contributed by atoms with van der Waals surface area (Å²) in [4.78, 5) is 24.5. The number of carboxylic acids is 1. The van der Waals surface area contributed by atoms with Crippen molar-refractivity contribution < 1.29 is 14.7 Å². The number of carboxylic acid groups (broad SMARTS) is 1. The van der Waals surface area contributed by atoms with Crippen molar-refractivity contribution in [1.29, 1.82) is 0 Å². The molecule has 0 radical (unpaired) electrons. The smallest absolute Gasteiger partial charge is 0.323 e. The molecule has 0 aliphatic carbocycles. The number of carbonyl (C=O) groups is 2. The molecular weight excluding hydrogens is 256 g/mol. The van der Waals surface area contributed by atoms with Crippen molar-refractivity contribution in [3.8, 4) is 0 Å². The molecule has 1 rings (SSSR count). The van der Waals surface area contributed by atoms with Crippen LogP contribution in [0.4, 0.5) is 5.69 Å². The number of hydrogen-bond acceptors (Lipinski definition) is 3. The maximum atomic E-state index is 12.2. The Balaban J connectivity index is 2.68. The van der Waals surface area contributed by atoms with E-state index in [1.165, 1.54) is 4.90 Å². The molecule has 1 aromatic carbocycles. The van der Waals surface area contributed by atoms with E-state index >= 15 is 0 Å². The van der Waals surface area contributed by atoms with Crippen molar-refractivity contribution in [2.45, 2.75) is 26.2 Å². The first-order valence-electron chi connectivity index (χ1n) is 6.82. The number of benzene rings is 1. The Morgan fingerprint density at radius 3 is 2.45 bits per heavy atom. The van der Waals surface area contributed by atoms with Gasteiger partial charge in [-0.25, -0.2) is 0 Å². The highest BCUT2D eigenvalue weighted by molar-refractivity contribution is 5.97. The lowest BCUT2D eigenvalue weighted by Gasteiger charge is -2.21. The van der Waals surface area contributed by atoms with E-state index in [2.05, 4.69) is 0 Å². The minimum atomic E-state index is -1.02. The Morgan fingerprint density at radius 2 is 1.90 bits per heavy atom. The molecule has 20 heavy (non-hydrogen) atoms. The van der Waals surface area contributed by atoms with Gasteiger partial charge in [0, 0.05) is 12.1 Å². The minimum Gasteiger partial charge on any atom is -0.480 e. The first-order valence-corrected chi connectivity index (χ1v) is 6.82. The average molecular weight is 278 g/mol. The third kappa shape index (κ3) is 5.40. The van der Waals surface area contributed by atoms with Crippen molar-refractivity contribution >= 4 is 17.6 Å². The van der Waals surface area contributed by atoms with Gasteiger partial charge in [-0.2, -0.15) is 0 Å². The van der Waals surface area contributed by atoms with Gasteiger partial charge in [0.25, 0.3) is 0 Å². The molecule has 0 heterocycles. The molecule has 0 saturated heterocycles. The number of hydrogen-bond donors (Lipinski definition) is 2. The Labute approximate surface area is 119 Å². The molecule has 0 saturated carbocycles. The van der Waals surface area contributed by atoms with Crippen molar-refractivity contribution in [2.75, 3.05) is 18.0 Å². The molecule has 1 atom stereocenters. The lowest BCUT2D eigenvalue weighted by atomic mass is 10.0. The van der Waals surface area contributed by atoms with Crippen LogP contribution in [0, 0.1) is 5.92 Å². The zero-order valence-corrected chi connectivity index (χ0v) is 11.8. The van der Waals surface area contributed by atoms with Crippen molar-refractivity contribution in [3.63, 3.8) is 0 Å². The van der Waals surface area contributed by atoms with E-state index in [1.807, 2.05) is 13.0 Å². The first kappa shape index (κ1) is 16.2. The van der Waals surface area contributed by atoms with Gasteiger partial charge in [0.05, 0.1) is 0 Å². The topological polar surface area (TPSA) is 83.6 Å². The quantitative estimate of drug-likeness (QED) is 0.760. The van der Waals surface area contributed by atoms with Gasteiger partial charge in [0.15, 0.2) is 0 Å². The number of amides is 1. The van der Waals surface area contributed by atoms with Gasteiger partial charge in [-0.1, -0.05) is 25.1 Å². The maximum absolute atomic E-state index is 12.2. The summed E-state index contributed by atoms with van der Waals surface area (Å²) in [6, 6.07) is 8.88. The van der Waals surface area contributed by atoms with Gasteiger partial charge in [0.2, 0.25) is 5.91 Å². The number of aliphatic carboxylic acids is 1. The summed E-state index contributed by atoms with van der Waals surface area (Å²) in [5.41, 5.74) is 6.10. The van der Waals surface area contributed by atoms with E-state index in [0.717, 1.165) is 12.8 Å². The van der Waals surface area contributed by atoms with E-state index in [9.17, 15) is 9.59 Å². The zero-order chi connectivity index (χ0) is 15.0. The van der Waals surface area contributed by atoms with Crippen LogP contribution in [0.5, 0.6) is 0 Å². The fourth-order valence-electron chi connectivity index (χ4n) is 2.00. The fourth-order valence-corrected chi connectivity index (χ4v) is 2.00. The third-order valence-electron chi connectivity index (χ3n) is 3.17. The highest BCUT2D eigenvalue weighted by atomic mass is 16.4. The van der Waals surface area contributed by atoms with Gasteiger partial charge < -0.3 is 15.7 Å². The Hall–Kier alpha value is -1.88. The van der Waals surface area contributed by atoms with E-state index < -0.39 is 5.97 Å². The van der Waals surface area contributed by atoms with Gasteiger partial charge in [-0.15, -0.1) is 0 Å². The van der Waals surface area contributed by atoms with E-state index in [0.29, 0.717) is 24.6 Å². The van der Waals surface area contributed by atoms with Crippen LogP contribution >= 0.6 is 0 Å². The van der Waals surface area contributed by atoms with E-state index in [-0.39, 0.29) is 12.5 Å². The summed E-state index contributed by atoms with van der Waals surface area (Å²) in [7, 11) is 0. The van der Waals surface area contributed by atoms with Gasteiger partial charge in [-0.3, -0.25) is 9.59 Å². The largest absolute Gasteiger partial charge is 0.480 e.